The Morgan fingerprint density at radius 3 is 2.23 bits per heavy atom. The first-order chi connectivity index (χ1) is 15.0. The van der Waals surface area contributed by atoms with E-state index in [-0.39, 0.29) is 12.5 Å². The summed E-state index contributed by atoms with van der Waals surface area (Å²) in [4.78, 5) is 12.2. The lowest BCUT2D eigenvalue weighted by molar-refractivity contribution is -0.118. The van der Waals surface area contributed by atoms with Gasteiger partial charge in [-0.1, -0.05) is 35.4 Å². The predicted molar refractivity (Wildman–Crippen MR) is 124 cm³/mol. The highest BCUT2D eigenvalue weighted by Gasteiger charge is 2.10. The van der Waals surface area contributed by atoms with Crippen molar-refractivity contribution < 1.29 is 19.0 Å². The first-order valence-electron chi connectivity index (χ1n) is 9.72. The summed E-state index contributed by atoms with van der Waals surface area (Å²) >= 11 is 6.16. The van der Waals surface area contributed by atoms with Gasteiger partial charge >= 0.3 is 0 Å². The molecule has 0 radical (unpaired) electrons. The van der Waals surface area contributed by atoms with Gasteiger partial charge in [0.15, 0.2) is 18.1 Å². The van der Waals surface area contributed by atoms with Crippen LogP contribution in [0.25, 0.3) is 0 Å². The Morgan fingerprint density at radius 2 is 1.55 bits per heavy atom. The number of hydrogen-bond acceptors (Lipinski definition) is 5. The summed E-state index contributed by atoms with van der Waals surface area (Å²) in [5, 5.41) is 6.65. The second-order valence-corrected chi connectivity index (χ2v) is 7.30. The second kappa shape index (κ2) is 10.6. The molecule has 31 heavy (non-hydrogen) atoms. The number of aryl methyl sites for hydroxylation is 1. The molecule has 3 aromatic rings. The van der Waals surface area contributed by atoms with Crippen molar-refractivity contribution in [3.63, 3.8) is 0 Å². The van der Waals surface area contributed by atoms with E-state index >= 15 is 0 Å². The third-order valence-electron chi connectivity index (χ3n) is 4.57. The summed E-state index contributed by atoms with van der Waals surface area (Å²) < 4.78 is 16.3. The average molecular weight is 441 g/mol. The number of anilines is 2. The highest BCUT2D eigenvalue weighted by Crippen LogP contribution is 2.30. The zero-order valence-corrected chi connectivity index (χ0v) is 18.5. The van der Waals surface area contributed by atoms with E-state index in [0.29, 0.717) is 28.8 Å². The van der Waals surface area contributed by atoms with Gasteiger partial charge < -0.3 is 24.8 Å². The van der Waals surface area contributed by atoms with Gasteiger partial charge in [-0.25, -0.2) is 0 Å². The Bertz CT molecular complexity index is 1040. The Morgan fingerprint density at radius 1 is 0.871 bits per heavy atom. The van der Waals surface area contributed by atoms with E-state index < -0.39 is 0 Å². The molecular formula is C24H25ClN2O4. The number of ether oxygens (including phenoxy) is 3. The molecule has 0 saturated heterocycles. The normalized spacial score (nSPS) is 10.3. The Labute approximate surface area is 187 Å². The van der Waals surface area contributed by atoms with Crippen LogP contribution in [0.3, 0.4) is 0 Å². The van der Waals surface area contributed by atoms with Crippen LogP contribution in [-0.4, -0.2) is 26.7 Å². The van der Waals surface area contributed by atoms with Gasteiger partial charge in [-0.3, -0.25) is 4.79 Å². The van der Waals surface area contributed by atoms with E-state index in [4.69, 9.17) is 25.8 Å². The van der Waals surface area contributed by atoms with Crippen molar-refractivity contribution in [1.29, 1.82) is 0 Å². The molecule has 0 aliphatic heterocycles. The number of methoxy groups -OCH3 is 2. The van der Waals surface area contributed by atoms with Crippen LogP contribution < -0.4 is 24.8 Å². The minimum absolute atomic E-state index is 0.119. The molecule has 0 heterocycles. The van der Waals surface area contributed by atoms with Crippen LogP contribution in [0.2, 0.25) is 5.02 Å². The van der Waals surface area contributed by atoms with Crippen LogP contribution in [-0.2, 0) is 11.3 Å². The monoisotopic (exact) mass is 440 g/mol. The topological polar surface area (TPSA) is 68.8 Å². The minimum atomic E-state index is -0.243. The molecule has 0 unspecified atom stereocenters. The molecule has 0 aliphatic carbocycles. The molecule has 0 fully saturated rings. The molecular weight excluding hydrogens is 416 g/mol. The molecule has 3 rings (SSSR count). The van der Waals surface area contributed by atoms with Crippen LogP contribution in [0.4, 0.5) is 11.4 Å². The van der Waals surface area contributed by atoms with Gasteiger partial charge in [-0.2, -0.15) is 0 Å². The van der Waals surface area contributed by atoms with Crippen LogP contribution in [0.1, 0.15) is 11.1 Å². The van der Waals surface area contributed by atoms with E-state index in [1.54, 1.807) is 20.3 Å². The molecule has 0 saturated carbocycles. The van der Waals surface area contributed by atoms with Gasteiger partial charge in [0.2, 0.25) is 0 Å². The first kappa shape index (κ1) is 22.3. The highest BCUT2D eigenvalue weighted by molar-refractivity contribution is 6.32. The molecule has 0 aliphatic rings. The zero-order valence-electron chi connectivity index (χ0n) is 17.7. The average Bonchev–Trinajstić information content (AvgIpc) is 2.78. The molecule has 2 N–H and O–H groups in total. The van der Waals surface area contributed by atoms with E-state index in [1.807, 2.05) is 61.5 Å². The van der Waals surface area contributed by atoms with Crippen molar-refractivity contribution in [2.75, 3.05) is 31.5 Å². The smallest absolute Gasteiger partial charge is 0.262 e. The van der Waals surface area contributed by atoms with Gasteiger partial charge in [-0.05, 0) is 55.0 Å². The summed E-state index contributed by atoms with van der Waals surface area (Å²) in [6, 6.07) is 18.7. The lowest BCUT2D eigenvalue weighted by Crippen LogP contribution is -2.20. The number of amides is 1. The van der Waals surface area contributed by atoms with Crippen LogP contribution in [0.5, 0.6) is 17.2 Å². The summed E-state index contributed by atoms with van der Waals surface area (Å²) in [7, 11) is 3.14. The Kier molecular flexibility index (Phi) is 7.62. The van der Waals surface area contributed by atoms with Crippen molar-refractivity contribution in [1.82, 2.24) is 0 Å². The molecule has 0 aromatic heterocycles. The number of carbonyl (C=O) groups excluding carboxylic acids is 1. The fourth-order valence-corrected chi connectivity index (χ4v) is 3.16. The summed E-state index contributed by atoms with van der Waals surface area (Å²) in [6.45, 7) is 2.44. The number of benzene rings is 3. The van der Waals surface area contributed by atoms with Crippen molar-refractivity contribution in [3.05, 3.63) is 76.8 Å². The van der Waals surface area contributed by atoms with Crippen molar-refractivity contribution in [2.45, 2.75) is 13.5 Å². The summed E-state index contributed by atoms with van der Waals surface area (Å²) in [6.07, 6.45) is 0. The quantitative estimate of drug-likeness (QED) is 0.472. The van der Waals surface area contributed by atoms with E-state index in [2.05, 4.69) is 10.6 Å². The number of hydrogen-bond donors (Lipinski definition) is 2. The predicted octanol–water partition coefficient (Wildman–Crippen LogP) is 5.30. The Balaban J connectivity index is 1.57. The minimum Gasteiger partial charge on any atom is -0.495 e. The zero-order chi connectivity index (χ0) is 22.2. The lowest BCUT2D eigenvalue weighted by Gasteiger charge is -2.13. The van der Waals surface area contributed by atoms with Crippen LogP contribution >= 0.6 is 11.6 Å². The first-order valence-corrected chi connectivity index (χ1v) is 10.1. The van der Waals surface area contributed by atoms with E-state index in [0.717, 1.165) is 22.5 Å². The third kappa shape index (κ3) is 6.30. The fraction of sp³-hybridized carbons (Fsp3) is 0.208. The maximum Gasteiger partial charge on any atom is 0.262 e. The summed E-state index contributed by atoms with van der Waals surface area (Å²) in [5.41, 5.74) is 3.72. The van der Waals surface area contributed by atoms with Crippen molar-refractivity contribution in [3.8, 4) is 17.2 Å². The van der Waals surface area contributed by atoms with Crippen molar-refractivity contribution in [2.24, 2.45) is 0 Å². The number of halogens is 1. The van der Waals surface area contributed by atoms with E-state index in [1.165, 1.54) is 0 Å². The number of rotatable bonds is 9. The SMILES string of the molecule is COc1ccc(NCc2ccc(OCC(=O)Nc3ccc(C)cc3)c(OC)c2)cc1Cl. The number of carbonyl (C=O) groups is 1. The molecule has 1 amide bonds. The molecule has 6 nitrogen and oxygen atoms in total. The lowest BCUT2D eigenvalue weighted by atomic mass is 10.2. The molecule has 0 spiro atoms. The third-order valence-corrected chi connectivity index (χ3v) is 4.87. The largest absolute Gasteiger partial charge is 0.495 e. The highest BCUT2D eigenvalue weighted by atomic mass is 35.5. The molecule has 7 heteroatoms. The van der Waals surface area contributed by atoms with Crippen molar-refractivity contribution >= 4 is 28.9 Å². The van der Waals surface area contributed by atoms with Gasteiger partial charge in [0, 0.05) is 17.9 Å². The maximum absolute atomic E-state index is 12.2. The van der Waals surface area contributed by atoms with Gasteiger partial charge in [0.1, 0.15) is 5.75 Å². The fourth-order valence-electron chi connectivity index (χ4n) is 2.90. The van der Waals surface area contributed by atoms with E-state index in [9.17, 15) is 4.79 Å². The van der Waals surface area contributed by atoms with Crippen LogP contribution in [0.15, 0.2) is 60.7 Å². The maximum atomic E-state index is 12.2. The number of nitrogens with one attached hydrogen (secondary N) is 2. The Hall–Kier alpha value is -3.38. The molecule has 162 valence electrons. The second-order valence-electron chi connectivity index (χ2n) is 6.89. The van der Waals surface area contributed by atoms with Gasteiger partial charge in [0.25, 0.3) is 5.91 Å². The molecule has 0 atom stereocenters. The molecule has 0 bridgehead atoms. The summed E-state index contributed by atoms with van der Waals surface area (Å²) in [5.74, 6) is 1.43. The van der Waals surface area contributed by atoms with Gasteiger partial charge in [0.05, 0.1) is 19.2 Å². The standard InChI is InChI=1S/C24H25ClN2O4/c1-16-4-7-18(8-5-16)27-24(28)15-31-22-10-6-17(12-23(22)30-3)14-26-19-9-11-21(29-2)20(25)13-19/h4-13,26H,14-15H2,1-3H3,(H,27,28). The molecule has 3 aromatic carbocycles. The van der Waals surface area contributed by atoms with Crippen LogP contribution in [0, 0.1) is 6.92 Å². The van der Waals surface area contributed by atoms with Gasteiger partial charge in [-0.15, -0.1) is 0 Å².